The summed E-state index contributed by atoms with van der Waals surface area (Å²) >= 11 is 6.15. The summed E-state index contributed by atoms with van der Waals surface area (Å²) < 4.78 is 11.0. The van der Waals surface area contributed by atoms with Gasteiger partial charge in [0.05, 0.1) is 23.7 Å². The first-order chi connectivity index (χ1) is 17.3. The zero-order valence-corrected chi connectivity index (χ0v) is 20.3. The SMILES string of the molecule is CCOC(=O)c1cc(-c2ccc(/C=C3/C(=O)N(Cc4ccccc4)C(=O)C(C#N)=C3C)o2)ccc1Cl. The highest BCUT2D eigenvalue weighted by Crippen LogP contribution is 2.31. The van der Waals surface area contributed by atoms with Gasteiger partial charge in [-0.3, -0.25) is 14.5 Å². The quantitative estimate of drug-likeness (QED) is 0.249. The Morgan fingerprint density at radius 1 is 1.11 bits per heavy atom. The van der Waals surface area contributed by atoms with E-state index in [0.29, 0.717) is 17.1 Å². The lowest BCUT2D eigenvalue weighted by Crippen LogP contribution is -2.42. The van der Waals surface area contributed by atoms with E-state index in [1.54, 1.807) is 56.3 Å². The summed E-state index contributed by atoms with van der Waals surface area (Å²) in [6.07, 6.45) is 1.51. The number of imide groups is 1. The van der Waals surface area contributed by atoms with E-state index >= 15 is 0 Å². The number of hydrogen-bond acceptors (Lipinski definition) is 6. The first kappa shape index (κ1) is 24.7. The lowest BCUT2D eigenvalue weighted by Gasteiger charge is -2.27. The number of amides is 2. The summed E-state index contributed by atoms with van der Waals surface area (Å²) in [4.78, 5) is 39.4. The first-order valence-corrected chi connectivity index (χ1v) is 11.5. The van der Waals surface area contributed by atoms with Crippen molar-refractivity contribution in [1.29, 1.82) is 5.26 Å². The fourth-order valence-electron chi connectivity index (χ4n) is 3.81. The standard InChI is InChI=1S/C28H21ClN2O5/c1-3-35-28(34)22-13-19(9-11-24(22)29)25-12-10-20(36-25)14-21-17(2)23(15-30)27(33)31(26(21)32)16-18-7-5-4-6-8-18/h4-14H,3,16H2,1-2H3/b21-14+. The predicted molar refractivity (Wildman–Crippen MR) is 133 cm³/mol. The molecule has 2 amide bonds. The number of benzene rings is 2. The van der Waals surface area contributed by atoms with Crippen molar-refractivity contribution in [2.75, 3.05) is 6.61 Å². The highest BCUT2D eigenvalue weighted by atomic mass is 35.5. The van der Waals surface area contributed by atoms with Crippen LogP contribution >= 0.6 is 11.6 Å². The molecule has 0 aliphatic carbocycles. The van der Waals surface area contributed by atoms with Crippen LogP contribution in [0.1, 0.15) is 35.5 Å². The maximum atomic E-state index is 13.3. The fourth-order valence-corrected chi connectivity index (χ4v) is 4.01. The Balaban J connectivity index is 1.69. The van der Waals surface area contributed by atoms with E-state index < -0.39 is 17.8 Å². The Bertz CT molecular complexity index is 1460. The molecule has 0 radical (unpaired) electrons. The van der Waals surface area contributed by atoms with E-state index in [9.17, 15) is 19.6 Å². The molecule has 2 aromatic carbocycles. The van der Waals surface area contributed by atoms with Crippen molar-refractivity contribution in [3.8, 4) is 17.4 Å². The van der Waals surface area contributed by atoms with Crippen molar-refractivity contribution in [3.63, 3.8) is 0 Å². The van der Waals surface area contributed by atoms with Crippen molar-refractivity contribution in [3.05, 3.63) is 99.3 Å². The number of halogens is 1. The van der Waals surface area contributed by atoms with Crippen molar-refractivity contribution in [2.45, 2.75) is 20.4 Å². The third-order valence-electron chi connectivity index (χ3n) is 5.67. The van der Waals surface area contributed by atoms with Gasteiger partial charge in [0, 0.05) is 11.1 Å². The minimum absolute atomic E-state index is 0.0408. The van der Waals surface area contributed by atoms with E-state index in [1.165, 1.54) is 6.08 Å². The molecule has 2 heterocycles. The maximum absolute atomic E-state index is 13.3. The van der Waals surface area contributed by atoms with Crippen LogP contribution in [0.2, 0.25) is 5.02 Å². The van der Waals surface area contributed by atoms with E-state index in [-0.39, 0.29) is 40.5 Å². The molecule has 0 N–H and O–H groups in total. The van der Waals surface area contributed by atoms with E-state index in [4.69, 9.17) is 20.8 Å². The number of esters is 1. The minimum Gasteiger partial charge on any atom is -0.462 e. The first-order valence-electron chi connectivity index (χ1n) is 11.1. The lowest BCUT2D eigenvalue weighted by molar-refractivity contribution is -0.141. The highest BCUT2D eigenvalue weighted by Gasteiger charge is 2.35. The molecule has 8 heteroatoms. The highest BCUT2D eigenvalue weighted by molar-refractivity contribution is 6.33. The molecule has 4 rings (SSSR count). The topological polar surface area (TPSA) is 101 Å². The lowest BCUT2D eigenvalue weighted by atomic mass is 9.94. The maximum Gasteiger partial charge on any atom is 0.339 e. The molecule has 0 atom stereocenters. The minimum atomic E-state index is -0.631. The third-order valence-corrected chi connectivity index (χ3v) is 6.00. The number of hydrogen-bond donors (Lipinski definition) is 0. The number of carbonyl (C=O) groups excluding carboxylic acids is 3. The predicted octanol–water partition coefficient (Wildman–Crippen LogP) is 5.57. The summed E-state index contributed by atoms with van der Waals surface area (Å²) in [6.45, 7) is 3.53. The van der Waals surface area contributed by atoms with E-state index in [1.807, 2.05) is 24.3 Å². The largest absolute Gasteiger partial charge is 0.462 e. The molecule has 0 spiro atoms. The summed E-state index contributed by atoms with van der Waals surface area (Å²) in [7, 11) is 0. The molecular weight excluding hydrogens is 480 g/mol. The molecular formula is C28H21ClN2O5. The van der Waals surface area contributed by atoms with Crippen LogP contribution in [0.3, 0.4) is 0 Å². The molecule has 180 valence electrons. The summed E-state index contributed by atoms with van der Waals surface area (Å²) in [6, 6.07) is 19.2. The number of carbonyl (C=O) groups is 3. The normalized spacial score (nSPS) is 14.8. The average Bonchev–Trinajstić information content (AvgIpc) is 3.34. The number of furan rings is 1. The van der Waals surface area contributed by atoms with Crippen LogP contribution in [0.5, 0.6) is 0 Å². The van der Waals surface area contributed by atoms with Gasteiger partial charge < -0.3 is 9.15 Å². The number of nitriles is 1. The second-order valence-corrected chi connectivity index (χ2v) is 8.38. The molecule has 0 saturated heterocycles. The van der Waals surface area contributed by atoms with Crippen LogP contribution in [0.25, 0.3) is 17.4 Å². The van der Waals surface area contributed by atoms with Gasteiger partial charge in [0.15, 0.2) is 0 Å². The molecule has 0 unspecified atom stereocenters. The van der Waals surface area contributed by atoms with E-state index in [0.717, 1.165) is 10.5 Å². The Morgan fingerprint density at radius 3 is 2.56 bits per heavy atom. The van der Waals surface area contributed by atoms with Crippen molar-refractivity contribution in [2.24, 2.45) is 0 Å². The van der Waals surface area contributed by atoms with Gasteiger partial charge in [0.25, 0.3) is 11.8 Å². The van der Waals surface area contributed by atoms with Crippen LogP contribution in [0.4, 0.5) is 0 Å². The van der Waals surface area contributed by atoms with Gasteiger partial charge in [-0.1, -0.05) is 41.9 Å². The molecule has 3 aromatic rings. The van der Waals surface area contributed by atoms with Crippen molar-refractivity contribution < 1.29 is 23.5 Å². The van der Waals surface area contributed by atoms with Crippen molar-refractivity contribution in [1.82, 2.24) is 4.90 Å². The van der Waals surface area contributed by atoms with Gasteiger partial charge >= 0.3 is 5.97 Å². The van der Waals surface area contributed by atoms with Crippen LogP contribution in [-0.2, 0) is 20.9 Å². The van der Waals surface area contributed by atoms with Gasteiger partial charge in [0.2, 0.25) is 0 Å². The zero-order chi connectivity index (χ0) is 25.8. The zero-order valence-electron chi connectivity index (χ0n) is 19.6. The van der Waals surface area contributed by atoms with Gasteiger partial charge in [-0.05, 0) is 61.4 Å². The van der Waals surface area contributed by atoms with E-state index in [2.05, 4.69) is 0 Å². The van der Waals surface area contributed by atoms with Gasteiger partial charge in [-0.2, -0.15) is 5.26 Å². The van der Waals surface area contributed by atoms with Crippen LogP contribution in [0.15, 0.2) is 81.8 Å². The Labute approximate surface area is 212 Å². The van der Waals surface area contributed by atoms with Crippen LogP contribution in [-0.4, -0.2) is 29.3 Å². The number of rotatable bonds is 6. The molecule has 0 bridgehead atoms. The molecule has 36 heavy (non-hydrogen) atoms. The van der Waals surface area contributed by atoms with Crippen LogP contribution in [0, 0.1) is 11.3 Å². The van der Waals surface area contributed by atoms with Crippen molar-refractivity contribution >= 4 is 35.5 Å². The Morgan fingerprint density at radius 2 is 1.86 bits per heavy atom. The second-order valence-electron chi connectivity index (χ2n) is 7.97. The Hall–Kier alpha value is -4.41. The molecule has 1 aliphatic heterocycles. The third kappa shape index (κ3) is 4.85. The summed E-state index contributed by atoms with van der Waals surface area (Å²) in [5.74, 6) is -0.916. The van der Waals surface area contributed by atoms with Gasteiger partial charge in [0.1, 0.15) is 23.2 Å². The summed E-state index contributed by atoms with van der Waals surface area (Å²) in [5, 5.41) is 9.86. The fraction of sp³-hybridized carbons (Fsp3) is 0.143. The molecule has 0 fully saturated rings. The molecule has 0 saturated carbocycles. The second kappa shape index (κ2) is 10.5. The van der Waals surface area contributed by atoms with Crippen LogP contribution < -0.4 is 0 Å². The van der Waals surface area contributed by atoms with Gasteiger partial charge in [-0.15, -0.1) is 0 Å². The van der Waals surface area contributed by atoms with Gasteiger partial charge in [-0.25, -0.2) is 4.79 Å². The molecule has 1 aromatic heterocycles. The summed E-state index contributed by atoms with van der Waals surface area (Å²) in [5.41, 5.74) is 1.93. The smallest absolute Gasteiger partial charge is 0.339 e. The Kier molecular flexibility index (Phi) is 7.18. The average molecular weight is 501 g/mol. The monoisotopic (exact) mass is 500 g/mol. The number of ether oxygens (including phenoxy) is 1. The molecule has 1 aliphatic rings. The molecule has 7 nitrogen and oxygen atoms in total. The number of nitrogens with zero attached hydrogens (tertiary/aromatic N) is 2.